The second kappa shape index (κ2) is 6.75. The number of rotatable bonds is 5. The van der Waals surface area contributed by atoms with Gasteiger partial charge in [0.05, 0.1) is 13.5 Å². The summed E-state index contributed by atoms with van der Waals surface area (Å²) >= 11 is 0. The SMILES string of the molecule is CCc1ccc(NC(=O)Cc2ccccc2OC)cc1. The number of methoxy groups -OCH3 is 1. The van der Waals surface area contributed by atoms with Crippen molar-refractivity contribution in [2.75, 3.05) is 12.4 Å². The van der Waals surface area contributed by atoms with Crippen molar-refractivity contribution in [3.05, 3.63) is 59.7 Å². The van der Waals surface area contributed by atoms with Gasteiger partial charge in [-0.25, -0.2) is 0 Å². The number of amides is 1. The highest BCUT2D eigenvalue weighted by molar-refractivity contribution is 5.92. The lowest BCUT2D eigenvalue weighted by Gasteiger charge is -2.09. The van der Waals surface area contributed by atoms with Crippen molar-refractivity contribution in [3.63, 3.8) is 0 Å². The molecule has 0 fully saturated rings. The zero-order valence-corrected chi connectivity index (χ0v) is 11.8. The van der Waals surface area contributed by atoms with Crippen LogP contribution in [0.5, 0.6) is 5.75 Å². The smallest absolute Gasteiger partial charge is 0.228 e. The third-order valence-electron chi connectivity index (χ3n) is 3.19. The maximum atomic E-state index is 12.0. The van der Waals surface area contributed by atoms with Gasteiger partial charge in [0.15, 0.2) is 0 Å². The Morgan fingerprint density at radius 1 is 1.10 bits per heavy atom. The van der Waals surface area contributed by atoms with Gasteiger partial charge in [-0.1, -0.05) is 37.3 Å². The Kier molecular flexibility index (Phi) is 4.77. The molecule has 104 valence electrons. The first kappa shape index (κ1) is 14.1. The monoisotopic (exact) mass is 269 g/mol. The van der Waals surface area contributed by atoms with Crippen molar-refractivity contribution in [1.29, 1.82) is 0 Å². The lowest BCUT2D eigenvalue weighted by Crippen LogP contribution is -2.14. The summed E-state index contributed by atoms with van der Waals surface area (Å²) in [6.45, 7) is 2.11. The highest BCUT2D eigenvalue weighted by Gasteiger charge is 2.08. The molecule has 3 nitrogen and oxygen atoms in total. The molecule has 0 heterocycles. The largest absolute Gasteiger partial charge is 0.496 e. The standard InChI is InChI=1S/C17H19NO2/c1-3-13-8-10-15(11-9-13)18-17(19)12-14-6-4-5-7-16(14)20-2/h4-11H,3,12H2,1-2H3,(H,18,19). The van der Waals surface area contributed by atoms with Crippen LogP contribution < -0.4 is 10.1 Å². The van der Waals surface area contributed by atoms with Crippen LogP contribution in [0.2, 0.25) is 0 Å². The van der Waals surface area contributed by atoms with Gasteiger partial charge in [0, 0.05) is 11.3 Å². The minimum absolute atomic E-state index is 0.0428. The first-order valence-electron chi connectivity index (χ1n) is 6.73. The summed E-state index contributed by atoms with van der Waals surface area (Å²) < 4.78 is 5.25. The summed E-state index contributed by atoms with van der Waals surface area (Å²) in [6.07, 6.45) is 1.30. The van der Waals surface area contributed by atoms with Crippen molar-refractivity contribution >= 4 is 11.6 Å². The molecule has 1 N–H and O–H groups in total. The van der Waals surface area contributed by atoms with Crippen molar-refractivity contribution in [1.82, 2.24) is 0 Å². The summed E-state index contributed by atoms with van der Waals surface area (Å²) in [5.41, 5.74) is 2.97. The zero-order valence-electron chi connectivity index (χ0n) is 11.8. The van der Waals surface area contributed by atoms with Crippen molar-refractivity contribution < 1.29 is 9.53 Å². The molecule has 1 amide bonds. The third-order valence-corrected chi connectivity index (χ3v) is 3.19. The van der Waals surface area contributed by atoms with Gasteiger partial charge in [-0.2, -0.15) is 0 Å². The molecule has 0 saturated carbocycles. The van der Waals surface area contributed by atoms with Crippen LogP contribution in [0.3, 0.4) is 0 Å². The number of carbonyl (C=O) groups excluding carboxylic acids is 1. The van der Waals surface area contributed by atoms with E-state index < -0.39 is 0 Å². The molecule has 0 atom stereocenters. The number of benzene rings is 2. The maximum absolute atomic E-state index is 12.0. The first-order valence-corrected chi connectivity index (χ1v) is 6.73. The molecule has 0 radical (unpaired) electrons. The topological polar surface area (TPSA) is 38.3 Å². The minimum atomic E-state index is -0.0428. The fraction of sp³-hybridized carbons (Fsp3) is 0.235. The molecule has 0 bridgehead atoms. The Balaban J connectivity index is 2.01. The Morgan fingerprint density at radius 3 is 2.45 bits per heavy atom. The number of ether oxygens (including phenoxy) is 1. The molecule has 0 unspecified atom stereocenters. The van der Waals surface area contributed by atoms with E-state index in [4.69, 9.17) is 4.74 Å². The molecule has 0 aromatic heterocycles. The van der Waals surface area contributed by atoms with E-state index in [0.29, 0.717) is 6.42 Å². The van der Waals surface area contributed by atoms with Gasteiger partial charge in [-0.15, -0.1) is 0 Å². The van der Waals surface area contributed by atoms with Crippen LogP contribution in [-0.4, -0.2) is 13.0 Å². The number of hydrogen-bond donors (Lipinski definition) is 1. The summed E-state index contributed by atoms with van der Waals surface area (Å²) in [5.74, 6) is 0.697. The number of para-hydroxylation sites is 1. The van der Waals surface area contributed by atoms with E-state index in [9.17, 15) is 4.79 Å². The second-order valence-corrected chi connectivity index (χ2v) is 4.59. The highest BCUT2D eigenvalue weighted by atomic mass is 16.5. The minimum Gasteiger partial charge on any atom is -0.496 e. The third kappa shape index (κ3) is 3.60. The average molecular weight is 269 g/mol. The van der Waals surface area contributed by atoms with E-state index in [2.05, 4.69) is 12.2 Å². The van der Waals surface area contributed by atoms with Crippen molar-refractivity contribution in [2.45, 2.75) is 19.8 Å². The Hall–Kier alpha value is -2.29. The second-order valence-electron chi connectivity index (χ2n) is 4.59. The van der Waals surface area contributed by atoms with E-state index >= 15 is 0 Å². The molecule has 0 aliphatic heterocycles. The van der Waals surface area contributed by atoms with Gasteiger partial charge in [0.1, 0.15) is 5.75 Å². The normalized spacial score (nSPS) is 10.1. The van der Waals surface area contributed by atoms with Crippen LogP contribution in [0.1, 0.15) is 18.1 Å². The summed E-state index contributed by atoms with van der Waals surface area (Å²) in [5, 5.41) is 2.90. The summed E-state index contributed by atoms with van der Waals surface area (Å²) in [6, 6.07) is 15.5. The Labute approximate surface area is 119 Å². The molecular weight excluding hydrogens is 250 g/mol. The van der Waals surface area contributed by atoms with E-state index in [1.807, 2.05) is 48.5 Å². The van der Waals surface area contributed by atoms with Crippen molar-refractivity contribution in [2.24, 2.45) is 0 Å². The number of anilines is 1. The van der Waals surface area contributed by atoms with Gasteiger partial charge >= 0.3 is 0 Å². The van der Waals surface area contributed by atoms with Gasteiger partial charge < -0.3 is 10.1 Å². The first-order chi connectivity index (χ1) is 9.72. The number of aryl methyl sites for hydroxylation is 1. The lowest BCUT2D eigenvalue weighted by atomic mass is 10.1. The lowest BCUT2D eigenvalue weighted by molar-refractivity contribution is -0.115. The Morgan fingerprint density at radius 2 is 1.80 bits per heavy atom. The molecule has 20 heavy (non-hydrogen) atoms. The van der Waals surface area contributed by atoms with E-state index in [1.54, 1.807) is 7.11 Å². The highest BCUT2D eigenvalue weighted by Crippen LogP contribution is 2.18. The van der Waals surface area contributed by atoms with Crippen LogP contribution >= 0.6 is 0 Å². The van der Waals surface area contributed by atoms with Crippen LogP contribution in [0.25, 0.3) is 0 Å². The van der Waals surface area contributed by atoms with Crippen LogP contribution in [-0.2, 0) is 17.6 Å². The molecular formula is C17H19NO2. The molecule has 2 aromatic rings. The molecule has 2 rings (SSSR count). The molecule has 0 aliphatic carbocycles. The van der Waals surface area contributed by atoms with E-state index in [0.717, 1.165) is 23.4 Å². The fourth-order valence-corrected chi connectivity index (χ4v) is 2.05. The van der Waals surface area contributed by atoms with Crippen LogP contribution in [0.4, 0.5) is 5.69 Å². The Bertz CT molecular complexity index is 576. The zero-order chi connectivity index (χ0) is 14.4. The molecule has 3 heteroatoms. The molecule has 0 aliphatic rings. The quantitative estimate of drug-likeness (QED) is 0.903. The predicted octanol–water partition coefficient (Wildman–Crippen LogP) is 3.44. The van der Waals surface area contributed by atoms with Crippen molar-refractivity contribution in [3.8, 4) is 5.75 Å². The number of nitrogens with one attached hydrogen (secondary N) is 1. The van der Waals surface area contributed by atoms with E-state index in [1.165, 1.54) is 5.56 Å². The van der Waals surface area contributed by atoms with Gasteiger partial charge in [-0.05, 0) is 30.2 Å². The van der Waals surface area contributed by atoms with E-state index in [-0.39, 0.29) is 5.91 Å². The van der Waals surface area contributed by atoms with Crippen LogP contribution in [0.15, 0.2) is 48.5 Å². The summed E-state index contributed by atoms with van der Waals surface area (Å²) in [4.78, 5) is 12.0. The maximum Gasteiger partial charge on any atom is 0.228 e. The molecule has 0 saturated heterocycles. The molecule has 0 spiro atoms. The molecule has 2 aromatic carbocycles. The fourth-order valence-electron chi connectivity index (χ4n) is 2.05. The number of carbonyl (C=O) groups is 1. The van der Waals surface area contributed by atoms with Gasteiger partial charge in [0.25, 0.3) is 0 Å². The van der Waals surface area contributed by atoms with Gasteiger partial charge in [-0.3, -0.25) is 4.79 Å². The average Bonchev–Trinajstić information content (AvgIpc) is 2.48. The van der Waals surface area contributed by atoms with Crippen LogP contribution in [0, 0.1) is 0 Å². The van der Waals surface area contributed by atoms with Gasteiger partial charge in [0.2, 0.25) is 5.91 Å². The number of hydrogen-bond acceptors (Lipinski definition) is 2. The predicted molar refractivity (Wildman–Crippen MR) is 81.1 cm³/mol. The summed E-state index contributed by atoms with van der Waals surface area (Å²) in [7, 11) is 1.61.